The molecule has 13 heavy (non-hydrogen) atoms. The Morgan fingerprint density at radius 2 is 2.08 bits per heavy atom. The maximum absolute atomic E-state index is 12.8. The van der Waals surface area contributed by atoms with Crippen LogP contribution in [0, 0.1) is 5.82 Å². The summed E-state index contributed by atoms with van der Waals surface area (Å²) in [5.74, 6) is -0.247. The molecule has 0 spiro atoms. The van der Waals surface area contributed by atoms with E-state index in [0.29, 0.717) is 0 Å². The lowest BCUT2D eigenvalue weighted by Crippen LogP contribution is -2.08. The van der Waals surface area contributed by atoms with Crippen molar-refractivity contribution in [2.24, 2.45) is 5.73 Å². The summed E-state index contributed by atoms with van der Waals surface area (Å²) in [6.45, 7) is 1.98. The third-order valence-corrected chi connectivity index (χ3v) is 2.21. The van der Waals surface area contributed by atoms with Crippen LogP contribution in [0.2, 0.25) is 0 Å². The summed E-state index contributed by atoms with van der Waals surface area (Å²) >= 11 is 3.21. The molecule has 0 aliphatic rings. The smallest absolute Gasteiger partial charge is 0.124 e. The quantitative estimate of drug-likeness (QED) is 0.874. The van der Waals surface area contributed by atoms with Gasteiger partial charge in [0.05, 0.1) is 0 Å². The molecule has 0 bridgehead atoms. The van der Waals surface area contributed by atoms with Gasteiger partial charge < -0.3 is 5.73 Å². The molecular weight excluding hydrogens is 256 g/mol. The lowest BCUT2D eigenvalue weighted by atomic mass is 10.1. The Kier molecular flexibility index (Phi) is 5.53. The summed E-state index contributed by atoms with van der Waals surface area (Å²) in [6.07, 6.45) is 0.815. The second-order valence-corrected chi connectivity index (χ2v) is 3.63. The van der Waals surface area contributed by atoms with Crippen molar-refractivity contribution in [3.05, 3.63) is 34.1 Å². The van der Waals surface area contributed by atoms with Crippen LogP contribution in [-0.4, -0.2) is 0 Å². The number of rotatable bonds is 2. The van der Waals surface area contributed by atoms with Gasteiger partial charge in [0.1, 0.15) is 5.82 Å². The van der Waals surface area contributed by atoms with Crippen LogP contribution >= 0.6 is 28.3 Å². The Balaban J connectivity index is 0.00000144. The number of hydrogen-bond acceptors (Lipinski definition) is 1. The van der Waals surface area contributed by atoms with Crippen LogP contribution < -0.4 is 5.73 Å². The van der Waals surface area contributed by atoms with Crippen LogP contribution in [0.25, 0.3) is 0 Å². The third kappa shape index (κ3) is 3.63. The molecule has 0 fully saturated rings. The molecule has 0 aromatic heterocycles. The molecule has 74 valence electrons. The number of hydrogen-bond donors (Lipinski definition) is 1. The molecule has 0 aliphatic carbocycles. The van der Waals surface area contributed by atoms with Crippen molar-refractivity contribution in [1.82, 2.24) is 0 Å². The summed E-state index contributed by atoms with van der Waals surface area (Å²) in [7, 11) is 0. The fourth-order valence-corrected chi connectivity index (χ4v) is 1.51. The van der Waals surface area contributed by atoms with Crippen LogP contribution in [0.1, 0.15) is 24.9 Å². The Bertz CT molecular complexity index is 260. The predicted octanol–water partition coefficient (Wildman–Crippen LogP) is 3.42. The van der Waals surface area contributed by atoms with Gasteiger partial charge in [-0.05, 0) is 30.2 Å². The van der Waals surface area contributed by atoms with E-state index < -0.39 is 0 Å². The van der Waals surface area contributed by atoms with Gasteiger partial charge in [-0.1, -0.05) is 22.9 Å². The summed E-state index contributed by atoms with van der Waals surface area (Å²) < 4.78 is 13.6. The van der Waals surface area contributed by atoms with Crippen LogP contribution in [0.3, 0.4) is 0 Å². The summed E-state index contributed by atoms with van der Waals surface area (Å²) in [6, 6.07) is 4.67. The molecule has 0 saturated heterocycles. The molecule has 0 aliphatic heterocycles. The number of nitrogens with two attached hydrogens (primary N) is 1. The van der Waals surface area contributed by atoms with Crippen molar-refractivity contribution in [3.63, 3.8) is 0 Å². The highest BCUT2D eigenvalue weighted by atomic mass is 79.9. The van der Waals surface area contributed by atoms with Gasteiger partial charge in [0, 0.05) is 10.5 Å². The second kappa shape index (κ2) is 5.58. The molecular formula is C9H12BrClFN. The zero-order chi connectivity index (χ0) is 9.14. The second-order valence-electron chi connectivity index (χ2n) is 2.72. The molecule has 2 N–H and O–H groups in total. The van der Waals surface area contributed by atoms with Crippen LogP contribution in [-0.2, 0) is 0 Å². The highest BCUT2D eigenvalue weighted by Crippen LogP contribution is 2.20. The van der Waals surface area contributed by atoms with E-state index in [0.717, 1.165) is 16.5 Å². The first-order chi connectivity index (χ1) is 5.63. The zero-order valence-corrected chi connectivity index (χ0v) is 9.66. The Morgan fingerprint density at radius 1 is 1.46 bits per heavy atom. The largest absolute Gasteiger partial charge is 0.324 e. The van der Waals surface area contributed by atoms with Gasteiger partial charge in [0.2, 0.25) is 0 Å². The standard InChI is InChI=1S/C9H11BrFN.ClH/c1-2-9(12)6-3-7(10)5-8(11)4-6;/h3-5,9H,2,12H2,1H3;1H/t9-;/m0./s1. The monoisotopic (exact) mass is 267 g/mol. The molecule has 1 aromatic carbocycles. The van der Waals surface area contributed by atoms with Crippen LogP contribution in [0.15, 0.2) is 22.7 Å². The fourth-order valence-electron chi connectivity index (χ4n) is 1.02. The van der Waals surface area contributed by atoms with Crippen molar-refractivity contribution in [2.45, 2.75) is 19.4 Å². The van der Waals surface area contributed by atoms with E-state index in [9.17, 15) is 4.39 Å². The summed E-state index contributed by atoms with van der Waals surface area (Å²) in [5, 5.41) is 0. The minimum absolute atomic E-state index is 0. The molecule has 4 heteroatoms. The van der Waals surface area contributed by atoms with Gasteiger partial charge in [0.25, 0.3) is 0 Å². The van der Waals surface area contributed by atoms with E-state index >= 15 is 0 Å². The summed E-state index contributed by atoms with van der Waals surface area (Å²) in [4.78, 5) is 0. The molecule has 1 nitrogen and oxygen atoms in total. The van der Waals surface area contributed by atoms with Gasteiger partial charge >= 0.3 is 0 Å². The number of benzene rings is 1. The highest BCUT2D eigenvalue weighted by Gasteiger charge is 2.05. The van der Waals surface area contributed by atoms with E-state index in [4.69, 9.17) is 5.73 Å². The zero-order valence-electron chi connectivity index (χ0n) is 7.26. The van der Waals surface area contributed by atoms with E-state index in [-0.39, 0.29) is 24.3 Å². The fraction of sp³-hybridized carbons (Fsp3) is 0.333. The van der Waals surface area contributed by atoms with Gasteiger partial charge in [-0.25, -0.2) is 4.39 Å². The van der Waals surface area contributed by atoms with Crippen molar-refractivity contribution < 1.29 is 4.39 Å². The normalized spacial score (nSPS) is 12.0. The van der Waals surface area contributed by atoms with Crippen molar-refractivity contribution in [2.75, 3.05) is 0 Å². The van der Waals surface area contributed by atoms with Crippen molar-refractivity contribution in [1.29, 1.82) is 0 Å². The van der Waals surface area contributed by atoms with Crippen molar-refractivity contribution >= 4 is 28.3 Å². The predicted molar refractivity (Wildman–Crippen MR) is 58.6 cm³/mol. The van der Waals surface area contributed by atoms with E-state index in [2.05, 4.69) is 15.9 Å². The topological polar surface area (TPSA) is 26.0 Å². The Labute approximate surface area is 92.1 Å². The lowest BCUT2D eigenvalue weighted by Gasteiger charge is -2.09. The van der Waals surface area contributed by atoms with Crippen LogP contribution in [0.4, 0.5) is 4.39 Å². The Morgan fingerprint density at radius 3 is 2.54 bits per heavy atom. The maximum Gasteiger partial charge on any atom is 0.124 e. The van der Waals surface area contributed by atoms with Gasteiger partial charge in [-0.2, -0.15) is 0 Å². The van der Waals surface area contributed by atoms with E-state index in [1.165, 1.54) is 12.1 Å². The molecule has 1 rings (SSSR count). The minimum Gasteiger partial charge on any atom is -0.324 e. The molecule has 0 amide bonds. The minimum atomic E-state index is -0.247. The molecule has 0 radical (unpaired) electrons. The molecule has 1 aromatic rings. The van der Waals surface area contributed by atoms with E-state index in [1.54, 1.807) is 0 Å². The average Bonchev–Trinajstić information content (AvgIpc) is 2.01. The molecule has 0 unspecified atom stereocenters. The molecule has 0 heterocycles. The Hall–Kier alpha value is -0.120. The third-order valence-electron chi connectivity index (χ3n) is 1.75. The van der Waals surface area contributed by atoms with Gasteiger partial charge in [-0.3, -0.25) is 0 Å². The molecule has 0 saturated carbocycles. The van der Waals surface area contributed by atoms with Gasteiger partial charge in [-0.15, -0.1) is 12.4 Å². The SMILES string of the molecule is CC[C@H](N)c1cc(F)cc(Br)c1.Cl. The van der Waals surface area contributed by atoms with Gasteiger partial charge in [0.15, 0.2) is 0 Å². The average molecular weight is 269 g/mol. The van der Waals surface area contributed by atoms with E-state index in [1.807, 2.05) is 13.0 Å². The first kappa shape index (κ1) is 12.9. The first-order valence-corrected chi connectivity index (χ1v) is 4.64. The highest BCUT2D eigenvalue weighted by molar-refractivity contribution is 9.10. The number of halogens is 3. The summed E-state index contributed by atoms with van der Waals surface area (Å²) in [5.41, 5.74) is 6.58. The lowest BCUT2D eigenvalue weighted by molar-refractivity contribution is 0.615. The van der Waals surface area contributed by atoms with Crippen LogP contribution in [0.5, 0.6) is 0 Å². The van der Waals surface area contributed by atoms with Crippen molar-refractivity contribution in [3.8, 4) is 0 Å². The maximum atomic E-state index is 12.8. The first-order valence-electron chi connectivity index (χ1n) is 3.85. The molecule has 1 atom stereocenters.